The highest BCUT2D eigenvalue weighted by atomic mass is 31.0. The highest BCUT2D eigenvalue weighted by molar-refractivity contribution is 7.27. The van der Waals surface area contributed by atoms with Crippen molar-refractivity contribution in [3.63, 3.8) is 0 Å². The van der Waals surface area contributed by atoms with E-state index in [1.807, 2.05) is 73.6 Å². The molecule has 0 aliphatic rings. The standard InChI is InChI=1S/C27H26N3O4P/c1-29(2)18-11-9-17(10-12-18)26(32)28-16-22-24(27(33)34-3)30(19-7-5-4-6-8-19)23-15-20(35)13-14-21(23)25(22)31/h4-15H,16,35H2,1-3H3,(H,28,32). The normalized spacial score (nSPS) is 10.7. The number of amides is 1. The van der Waals surface area contributed by atoms with Crippen LogP contribution >= 0.6 is 9.24 Å². The molecule has 0 fully saturated rings. The molecule has 3 aromatic carbocycles. The topological polar surface area (TPSA) is 80.6 Å². The molecule has 0 saturated carbocycles. The monoisotopic (exact) mass is 487 g/mol. The Morgan fingerprint density at radius 1 is 1.00 bits per heavy atom. The number of pyridine rings is 1. The maximum Gasteiger partial charge on any atom is 0.355 e. The number of fused-ring (bicyclic) bond motifs is 1. The van der Waals surface area contributed by atoms with E-state index in [2.05, 4.69) is 14.6 Å². The molecule has 7 nitrogen and oxygen atoms in total. The Hall–Kier alpha value is -3.96. The van der Waals surface area contributed by atoms with Crippen LogP contribution in [0.4, 0.5) is 5.69 Å². The van der Waals surface area contributed by atoms with E-state index in [1.54, 1.807) is 22.8 Å². The Kier molecular flexibility index (Phi) is 6.99. The van der Waals surface area contributed by atoms with Crippen LogP contribution in [-0.2, 0) is 11.3 Å². The minimum Gasteiger partial charge on any atom is -0.464 e. The number of anilines is 1. The average Bonchev–Trinajstić information content (AvgIpc) is 2.87. The molecule has 1 unspecified atom stereocenters. The second-order valence-corrected chi connectivity index (χ2v) is 8.89. The highest BCUT2D eigenvalue weighted by Gasteiger charge is 2.24. The molecule has 35 heavy (non-hydrogen) atoms. The van der Waals surface area contributed by atoms with Gasteiger partial charge < -0.3 is 19.5 Å². The Morgan fingerprint density at radius 3 is 2.31 bits per heavy atom. The first kappa shape index (κ1) is 24.2. The number of ether oxygens (including phenoxy) is 1. The summed E-state index contributed by atoms with van der Waals surface area (Å²) >= 11 is 0. The number of carbonyl (C=O) groups is 2. The van der Waals surface area contributed by atoms with Crippen molar-refractivity contribution < 1.29 is 14.3 Å². The Bertz CT molecular complexity index is 1460. The first-order chi connectivity index (χ1) is 16.8. The van der Waals surface area contributed by atoms with Gasteiger partial charge >= 0.3 is 5.97 Å². The third-order valence-corrected chi connectivity index (χ3v) is 6.11. The molecule has 1 amide bonds. The number of nitrogens with zero attached hydrogens (tertiary/aromatic N) is 2. The molecule has 4 rings (SSSR count). The lowest BCUT2D eigenvalue weighted by molar-refractivity contribution is 0.0589. The van der Waals surface area contributed by atoms with Gasteiger partial charge in [0.05, 0.1) is 18.2 Å². The fraction of sp³-hybridized carbons (Fsp3) is 0.148. The van der Waals surface area contributed by atoms with Gasteiger partial charge in [0.2, 0.25) is 0 Å². The molecule has 178 valence electrons. The first-order valence-electron chi connectivity index (χ1n) is 11.0. The maximum absolute atomic E-state index is 13.5. The third kappa shape index (κ3) is 4.81. The van der Waals surface area contributed by atoms with E-state index in [1.165, 1.54) is 7.11 Å². The van der Waals surface area contributed by atoms with Crippen molar-refractivity contribution in [2.24, 2.45) is 0 Å². The van der Waals surface area contributed by atoms with E-state index in [9.17, 15) is 14.4 Å². The van der Waals surface area contributed by atoms with Crippen molar-refractivity contribution in [2.45, 2.75) is 6.54 Å². The zero-order valence-corrected chi connectivity index (χ0v) is 20.9. The fourth-order valence-electron chi connectivity index (χ4n) is 3.95. The SMILES string of the molecule is COC(=O)c1c(CNC(=O)c2ccc(N(C)C)cc2)c(=O)c2ccc(P)cc2n1-c1ccccc1. The number of hydrogen-bond acceptors (Lipinski definition) is 5. The molecule has 4 aromatic rings. The van der Waals surface area contributed by atoms with Gasteiger partial charge in [-0.1, -0.05) is 24.3 Å². The summed E-state index contributed by atoms with van der Waals surface area (Å²) in [7, 11) is 7.71. The number of rotatable bonds is 6. The van der Waals surface area contributed by atoms with Gasteiger partial charge in [-0.2, -0.15) is 0 Å². The predicted octanol–water partition coefficient (Wildman–Crippen LogP) is 3.27. The molecule has 0 spiro atoms. The Labute approximate surface area is 205 Å². The molecule has 0 saturated heterocycles. The molecule has 1 aromatic heterocycles. The lowest BCUT2D eigenvalue weighted by Crippen LogP contribution is -2.31. The van der Waals surface area contributed by atoms with Gasteiger partial charge in [-0.05, 0) is 53.8 Å². The van der Waals surface area contributed by atoms with E-state index >= 15 is 0 Å². The summed E-state index contributed by atoms with van der Waals surface area (Å²) in [6, 6.07) is 21.8. The summed E-state index contributed by atoms with van der Waals surface area (Å²) in [4.78, 5) is 41.4. The molecular formula is C27H26N3O4P. The number of nitrogens with one attached hydrogen (secondary N) is 1. The molecule has 1 heterocycles. The molecule has 0 radical (unpaired) electrons. The van der Waals surface area contributed by atoms with Gasteiger partial charge in [0, 0.05) is 43.0 Å². The molecular weight excluding hydrogens is 461 g/mol. The molecule has 8 heteroatoms. The number of hydrogen-bond donors (Lipinski definition) is 1. The Balaban J connectivity index is 1.85. The van der Waals surface area contributed by atoms with Gasteiger partial charge in [0.15, 0.2) is 5.43 Å². The molecule has 0 bridgehead atoms. The summed E-state index contributed by atoms with van der Waals surface area (Å²) in [5.41, 5.74) is 2.58. The van der Waals surface area contributed by atoms with Crippen LogP contribution in [0.5, 0.6) is 0 Å². The van der Waals surface area contributed by atoms with E-state index in [-0.39, 0.29) is 29.1 Å². The number of esters is 1. The average molecular weight is 487 g/mol. The van der Waals surface area contributed by atoms with Crippen LogP contribution in [0, 0.1) is 0 Å². The second kappa shape index (κ2) is 10.1. The van der Waals surface area contributed by atoms with Crippen molar-refractivity contribution in [3.05, 3.63) is 99.8 Å². The largest absolute Gasteiger partial charge is 0.464 e. The van der Waals surface area contributed by atoms with Crippen LogP contribution in [0.25, 0.3) is 16.6 Å². The number of benzene rings is 3. The van der Waals surface area contributed by atoms with E-state index in [4.69, 9.17) is 4.74 Å². The lowest BCUT2D eigenvalue weighted by atomic mass is 10.1. The number of para-hydroxylation sites is 1. The van der Waals surface area contributed by atoms with Crippen LogP contribution in [0.2, 0.25) is 0 Å². The molecule has 1 atom stereocenters. The molecule has 1 N–H and O–H groups in total. The highest BCUT2D eigenvalue weighted by Crippen LogP contribution is 2.23. The van der Waals surface area contributed by atoms with E-state index in [0.29, 0.717) is 22.2 Å². The maximum atomic E-state index is 13.5. The van der Waals surface area contributed by atoms with Crippen LogP contribution in [0.1, 0.15) is 26.4 Å². The third-order valence-electron chi connectivity index (χ3n) is 5.76. The lowest BCUT2D eigenvalue weighted by Gasteiger charge is -2.20. The predicted molar refractivity (Wildman–Crippen MR) is 142 cm³/mol. The van der Waals surface area contributed by atoms with Crippen molar-refractivity contribution in [3.8, 4) is 5.69 Å². The summed E-state index contributed by atoms with van der Waals surface area (Å²) in [5.74, 6) is -1.02. The minimum absolute atomic E-state index is 0.0788. The minimum atomic E-state index is -0.665. The second-order valence-electron chi connectivity index (χ2n) is 8.22. The van der Waals surface area contributed by atoms with Crippen molar-refractivity contribution in [2.75, 3.05) is 26.1 Å². The number of methoxy groups -OCH3 is 1. The molecule has 0 aliphatic heterocycles. The summed E-state index contributed by atoms with van der Waals surface area (Å²) in [5, 5.41) is 4.10. The van der Waals surface area contributed by atoms with Crippen LogP contribution in [0.15, 0.2) is 77.6 Å². The Morgan fingerprint density at radius 2 is 1.69 bits per heavy atom. The fourth-order valence-corrected chi connectivity index (χ4v) is 4.21. The smallest absolute Gasteiger partial charge is 0.355 e. The first-order valence-corrected chi connectivity index (χ1v) is 11.6. The van der Waals surface area contributed by atoms with Gasteiger partial charge in [-0.25, -0.2) is 4.79 Å². The van der Waals surface area contributed by atoms with Gasteiger partial charge in [0.1, 0.15) is 5.69 Å². The van der Waals surface area contributed by atoms with E-state index in [0.717, 1.165) is 11.0 Å². The van der Waals surface area contributed by atoms with Crippen LogP contribution in [-0.4, -0.2) is 37.6 Å². The molecule has 0 aliphatic carbocycles. The summed E-state index contributed by atoms with van der Waals surface area (Å²) in [6.07, 6.45) is 0. The van der Waals surface area contributed by atoms with Crippen LogP contribution < -0.4 is 21.0 Å². The van der Waals surface area contributed by atoms with Crippen LogP contribution in [0.3, 0.4) is 0 Å². The van der Waals surface area contributed by atoms with Gasteiger partial charge in [0.25, 0.3) is 5.91 Å². The van der Waals surface area contributed by atoms with Crippen molar-refractivity contribution >= 4 is 43.0 Å². The number of aromatic nitrogens is 1. The van der Waals surface area contributed by atoms with Crippen molar-refractivity contribution in [1.29, 1.82) is 0 Å². The summed E-state index contributed by atoms with van der Waals surface area (Å²) < 4.78 is 6.79. The zero-order chi connectivity index (χ0) is 25.1. The quantitative estimate of drug-likeness (QED) is 0.334. The summed E-state index contributed by atoms with van der Waals surface area (Å²) in [6.45, 7) is -0.136. The zero-order valence-electron chi connectivity index (χ0n) is 19.7. The number of carbonyl (C=O) groups excluding carboxylic acids is 2. The van der Waals surface area contributed by atoms with Crippen molar-refractivity contribution in [1.82, 2.24) is 9.88 Å². The van der Waals surface area contributed by atoms with E-state index < -0.39 is 5.97 Å². The van der Waals surface area contributed by atoms with Gasteiger partial charge in [-0.15, -0.1) is 9.24 Å². The van der Waals surface area contributed by atoms with Gasteiger partial charge in [-0.3, -0.25) is 9.59 Å².